The van der Waals surface area contributed by atoms with Gasteiger partial charge in [-0.15, -0.1) is 0 Å². The molecule has 4 aromatic rings. The van der Waals surface area contributed by atoms with Crippen LogP contribution in [0.25, 0.3) is 22.2 Å². The molecule has 0 aliphatic rings. The van der Waals surface area contributed by atoms with Crippen molar-refractivity contribution in [1.29, 1.82) is 0 Å². The second-order valence-corrected chi connectivity index (χ2v) is 6.78. The summed E-state index contributed by atoms with van der Waals surface area (Å²) in [7, 11) is 1.57. The van der Waals surface area contributed by atoms with E-state index in [4.69, 9.17) is 4.74 Å². The first kappa shape index (κ1) is 18.7. The Morgan fingerprint density at radius 1 is 1.03 bits per heavy atom. The average Bonchev–Trinajstić information content (AvgIpc) is 3.11. The van der Waals surface area contributed by atoms with Gasteiger partial charge in [0.2, 0.25) is 5.91 Å². The van der Waals surface area contributed by atoms with Gasteiger partial charge in [0.25, 0.3) is 0 Å². The fourth-order valence-corrected chi connectivity index (χ4v) is 3.53. The number of hydrogen-bond donors (Lipinski definition) is 2. The molecule has 1 heterocycles. The highest BCUT2D eigenvalue weighted by Gasteiger charge is 2.16. The lowest BCUT2D eigenvalue weighted by Gasteiger charge is -2.10. The molecular formula is C24H21FN2O2. The van der Waals surface area contributed by atoms with Gasteiger partial charge in [-0.1, -0.05) is 42.5 Å². The van der Waals surface area contributed by atoms with Crippen LogP contribution in [0.5, 0.6) is 5.75 Å². The Morgan fingerprint density at radius 2 is 1.79 bits per heavy atom. The minimum absolute atomic E-state index is 0.126. The van der Waals surface area contributed by atoms with Gasteiger partial charge >= 0.3 is 0 Å². The van der Waals surface area contributed by atoms with Crippen molar-refractivity contribution in [2.75, 3.05) is 12.4 Å². The van der Waals surface area contributed by atoms with Crippen LogP contribution in [-0.4, -0.2) is 18.0 Å². The maximum Gasteiger partial charge on any atom is 0.224 e. The fraction of sp³-hybridized carbons (Fsp3) is 0.125. The zero-order valence-corrected chi connectivity index (χ0v) is 16.0. The number of carbonyl (C=O) groups excluding carboxylic acids is 1. The Morgan fingerprint density at radius 3 is 2.59 bits per heavy atom. The summed E-state index contributed by atoms with van der Waals surface area (Å²) < 4.78 is 19.2. The number of carbonyl (C=O) groups is 1. The summed E-state index contributed by atoms with van der Waals surface area (Å²) in [6, 6.07) is 21.8. The molecule has 1 amide bonds. The van der Waals surface area contributed by atoms with Gasteiger partial charge in [0.1, 0.15) is 11.6 Å². The molecular weight excluding hydrogens is 367 g/mol. The lowest BCUT2D eigenvalue weighted by atomic mass is 10.0. The number of aryl methyl sites for hydroxylation is 1. The molecule has 4 rings (SSSR count). The number of H-pyrrole nitrogens is 1. The number of amides is 1. The summed E-state index contributed by atoms with van der Waals surface area (Å²) in [4.78, 5) is 16.0. The van der Waals surface area contributed by atoms with Gasteiger partial charge in [-0.05, 0) is 47.9 Å². The third-order valence-corrected chi connectivity index (χ3v) is 4.91. The Bertz CT molecular complexity index is 1150. The van der Waals surface area contributed by atoms with Crippen molar-refractivity contribution in [3.63, 3.8) is 0 Å². The van der Waals surface area contributed by atoms with Crippen LogP contribution in [0.3, 0.4) is 0 Å². The molecule has 1 aromatic heterocycles. The van der Waals surface area contributed by atoms with Crippen LogP contribution in [0.1, 0.15) is 12.0 Å². The molecule has 0 atom stereocenters. The number of para-hydroxylation sites is 2. The number of benzene rings is 3. The molecule has 29 heavy (non-hydrogen) atoms. The minimum Gasteiger partial charge on any atom is -0.495 e. The number of aromatic amines is 1. The predicted molar refractivity (Wildman–Crippen MR) is 114 cm³/mol. The van der Waals surface area contributed by atoms with Gasteiger partial charge in [-0.2, -0.15) is 0 Å². The standard InChI is InChI=1S/C24H21FN2O2/c1-29-22-10-6-5-9-21(22)26-23(28)14-12-18-19-15-17(25)11-13-20(19)27-24(18)16-7-3-2-4-8-16/h2-11,13,15,27H,12,14H2,1H3,(H,26,28). The van der Waals surface area contributed by atoms with Gasteiger partial charge in [0, 0.05) is 23.0 Å². The summed E-state index contributed by atoms with van der Waals surface area (Å²) in [5, 5.41) is 3.69. The first-order valence-electron chi connectivity index (χ1n) is 9.44. The second kappa shape index (κ2) is 8.19. The third-order valence-electron chi connectivity index (χ3n) is 4.91. The quantitative estimate of drug-likeness (QED) is 0.455. The van der Waals surface area contributed by atoms with Crippen LogP contribution in [0.2, 0.25) is 0 Å². The lowest BCUT2D eigenvalue weighted by Crippen LogP contribution is -2.13. The number of nitrogens with one attached hydrogen (secondary N) is 2. The number of rotatable bonds is 6. The molecule has 2 N–H and O–H groups in total. The Kier molecular flexibility index (Phi) is 5.29. The molecule has 0 radical (unpaired) electrons. The first-order valence-corrected chi connectivity index (χ1v) is 9.44. The van der Waals surface area contributed by atoms with E-state index in [1.165, 1.54) is 12.1 Å². The largest absolute Gasteiger partial charge is 0.495 e. The van der Waals surface area contributed by atoms with Crippen molar-refractivity contribution in [1.82, 2.24) is 4.98 Å². The molecule has 0 aliphatic carbocycles. The Balaban J connectivity index is 1.61. The highest BCUT2D eigenvalue weighted by atomic mass is 19.1. The number of methoxy groups -OCH3 is 1. The van der Waals surface area contributed by atoms with Crippen molar-refractivity contribution in [3.05, 3.63) is 84.2 Å². The molecule has 4 nitrogen and oxygen atoms in total. The van der Waals surface area contributed by atoms with E-state index < -0.39 is 0 Å². The predicted octanol–water partition coefficient (Wildman–Crippen LogP) is 5.55. The summed E-state index contributed by atoms with van der Waals surface area (Å²) in [6.45, 7) is 0. The highest BCUT2D eigenvalue weighted by molar-refractivity contribution is 5.94. The fourth-order valence-electron chi connectivity index (χ4n) is 3.53. The van der Waals surface area contributed by atoms with Crippen LogP contribution in [-0.2, 0) is 11.2 Å². The number of fused-ring (bicyclic) bond motifs is 1. The first-order chi connectivity index (χ1) is 14.2. The monoisotopic (exact) mass is 388 g/mol. The van der Waals surface area contributed by atoms with E-state index >= 15 is 0 Å². The molecule has 3 aromatic carbocycles. The molecule has 0 unspecified atom stereocenters. The van der Waals surface area contributed by atoms with Crippen LogP contribution < -0.4 is 10.1 Å². The van der Waals surface area contributed by atoms with Crippen molar-refractivity contribution >= 4 is 22.5 Å². The van der Waals surface area contributed by atoms with Gasteiger partial charge < -0.3 is 15.0 Å². The van der Waals surface area contributed by atoms with Gasteiger partial charge in [0.05, 0.1) is 12.8 Å². The Hall–Kier alpha value is -3.60. The number of halogens is 1. The van der Waals surface area contributed by atoms with Crippen LogP contribution in [0.15, 0.2) is 72.8 Å². The Labute approximate surface area is 168 Å². The van der Waals surface area contributed by atoms with E-state index in [2.05, 4.69) is 10.3 Å². The third kappa shape index (κ3) is 3.99. The van der Waals surface area contributed by atoms with Gasteiger partial charge in [0.15, 0.2) is 0 Å². The number of anilines is 1. The molecule has 146 valence electrons. The summed E-state index contributed by atoms with van der Waals surface area (Å²) in [5.41, 5.74) is 4.33. The lowest BCUT2D eigenvalue weighted by molar-refractivity contribution is -0.116. The zero-order valence-electron chi connectivity index (χ0n) is 16.0. The number of hydrogen-bond acceptors (Lipinski definition) is 2. The van der Waals surface area contributed by atoms with Crippen molar-refractivity contribution in [3.8, 4) is 17.0 Å². The van der Waals surface area contributed by atoms with E-state index in [9.17, 15) is 9.18 Å². The maximum absolute atomic E-state index is 13.9. The summed E-state index contributed by atoms with van der Waals surface area (Å²) in [5.74, 6) is 0.190. The van der Waals surface area contributed by atoms with Gasteiger partial charge in [-0.25, -0.2) is 4.39 Å². The number of aromatic nitrogens is 1. The van der Waals surface area contributed by atoms with Crippen LogP contribution in [0.4, 0.5) is 10.1 Å². The van der Waals surface area contributed by atoms with Crippen molar-refractivity contribution in [2.45, 2.75) is 12.8 Å². The second-order valence-electron chi connectivity index (χ2n) is 6.78. The van der Waals surface area contributed by atoms with E-state index in [1.54, 1.807) is 25.3 Å². The van der Waals surface area contributed by atoms with E-state index in [-0.39, 0.29) is 18.1 Å². The van der Waals surface area contributed by atoms with Gasteiger partial charge in [-0.3, -0.25) is 4.79 Å². The molecule has 0 saturated carbocycles. The summed E-state index contributed by atoms with van der Waals surface area (Å²) in [6.07, 6.45) is 0.746. The maximum atomic E-state index is 13.9. The van der Waals surface area contributed by atoms with E-state index in [0.717, 1.165) is 27.7 Å². The normalized spacial score (nSPS) is 10.8. The van der Waals surface area contributed by atoms with E-state index in [0.29, 0.717) is 17.9 Å². The van der Waals surface area contributed by atoms with Crippen LogP contribution >= 0.6 is 0 Å². The molecule has 0 saturated heterocycles. The average molecular weight is 388 g/mol. The molecule has 0 fully saturated rings. The topological polar surface area (TPSA) is 54.1 Å². The summed E-state index contributed by atoms with van der Waals surface area (Å²) >= 11 is 0. The number of ether oxygens (including phenoxy) is 1. The highest BCUT2D eigenvalue weighted by Crippen LogP contribution is 2.32. The van der Waals surface area contributed by atoms with Crippen molar-refractivity contribution < 1.29 is 13.9 Å². The van der Waals surface area contributed by atoms with Crippen LogP contribution in [0, 0.1) is 5.82 Å². The molecule has 0 bridgehead atoms. The van der Waals surface area contributed by atoms with E-state index in [1.807, 2.05) is 42.5 Å². The SMILES string of the molecule is COc1ccccc1NC(=O)CCc1c(-c2ccccc2)[nH]c2ccc(F)cc12. The molecule has 0 spiro atoms. The molecule has 0 aliphatic heterocycles. The smallest absolute Gasteiger partial charge is 0.224 e. The minimum atomic E-state index is -0.296. The van der Waals surface area contributed by atoms with Crippen molar-refractivity contribution in [2.24, 2.45) is 0 Å². The zero-order chi connectivity index (χ0) is 20.2. The molecule has 5 heteroatoms.